The van der Waals surface area contributed by atoms with Crippen molar-refractivity contribution < 1.29 is 42.4 Å². The molecule has 0 saturated carbocycles. The van der Waals surface area contributed by atoms with Gasteiger partial charge in [0.1, 0.15) is 6.61 Å². The molecule has 11 nitrogen and oxygen atoms in total. The maximum Gasteiger partial charge on any atom is 0.306 e. The van der Waals surface area contributed by atoms with Crippen molar-refractivity contribution in [3.63, 3.8) is 0 Å². The number of hydrogen-bond acceptors (Lipinski definition) is 9. The third kappa shape index (κ3) is 35.6. The van der Waals surface area contributed by atoms with Crippen molar-refractivity contribution >= 4 is 25.7 Å². The van der Waals surface area contributed by atoms with E-state index in [0.29, 0.717) is 12.8 Å². The molecule has 0 heterocycles. The number of quaternary nitrogens is 1. The summed E-state index contributed by atoms with van der Waals surface area (Å²) in [6, 6.07) is 0. The number of rotatable bonds is 34. The van der Waals surface area contributed by atoms with Crippen LogP contribution in [0, 0.1) is 0 Å². The molecule has 1 amide bonds. The Morgan fingerprint density at radius 1 is 0.617 bits per heavy atom. The van der Waals surface area contributed by atoms with Crippen molar-refractivity contribution in [2.24, 2.45) is 0 Å². The van der Waals surface area contributed by atoms with Crippen LogP contribution in [0.1, 0.15) is 175 Å². The van der Waals surface area contributed by atoms with Gasteiger partial charge in [-0.15, -0.1) is 0 Å². The third-order valence-corrected chi connectivity index (χ3v) is 8.81. The zero-order valence-corrected chi connectivity index (χ0v) is 31.4. The van der Waals surface area contributed by atoms with Crippen molar-refractivity contribution in [1.82, 2.24) is 11.5 Å². The van der Waals surface area contributed by atoms with Gasteiger partial charge < -0.3 is 34.9 Å². The van der Waals surface area contributed by atoms with E-state index in [0.717, 1.165) is 32.1 Å². The minimum Gasteiger partial charge on any atom is -0.756 e. The van der Waals surface area contributed by atoms with Gasteiger partial charge in [-0.25, -0.2) is 0 Å². The Morgan fingerprint density at radius 2 is 1.02 bits per heavy atom. The molecule has 0 aromatic heterocycles. The van der Waals surface area contributed by atoms with Crippen LogP contribution in [0.25, 0.3) is 0 Å². The van der Waals surface area contributed by atoms with Crippen molar-refractivity contribution in [3.05, 3.63) is 0 Å². The third-order valence-electron chi connectivity index (χ3n) is 7.84. The Balaban J connectivity index is 0. The first-order chi connectivity index (χ1) is 22.2. The molecule has 0 aliphatic rings. The van der Waals surface area contributed by atoms with E-state index < -0.39 is 32.5 Å². The molecule has 0 spiro atoms. The molecule has 1 unspecified atom stereocenters. The second kappa shape index (κ2) is 34.3. The average molecular weight is 695 g/mol. The fourth-order valence-electron chi connectivity index (χ4n) is 5.08. The summed E-state index contributed by atoms with van der Waals surface area (Å²) in [5.74, 6) is -1.22. The predicted octanol–water partition coefficient (Wildman–Crippen LogP) is 8.86. The van der Waals surface area contributed by atoms with E-state index in [4.69, 9.17) is 18.5 Å². The van der Waals surface area contributed by atoms with Gasteiger partial charge in [0.15, 0.2) is 6.10 Å². The molecule has 0 fully saturated rings. The van der Waals surface area contributed by atoms with Crippen LogP contribution in [0.3, 0.4) is 0 Å². The van der Waals surface area contributed by atoms with Crippen LogP contribution >= 0.6 is 7.82 Å². The molecule has 0 aliphatic heterocycles. The lowest BCUT2D eigenvalue weighted by atomic mass is 10.1. The summed E-state index contributed by atoms with van der Waals surface area (Å²) in [5, 5.41) is 2.42. The molecule has 47 heavy (non-hydrogen) atoms. The van der Waals surface area contributed by atoms with Crippen molar-refractivity contribution in [3.8, 4) is 0 Å². The highest BCUT2D eigenvalue weighted by Crippen LogP contribution is 2.38. The number of amides is 1. The topological polar surface area (TPSA) is 177 Å². The van der Waals surface area contributed by atoms with Crippen molar-refractivity contribution in [2.45, 2.75) is 181 Å². The molecular formula is C35H71N2O9P. The summed E-state index contributed by atoms with van der Waals surface area (Å²) in [6.45, 7) is 4.63. The number of esters is 2. The molecule has 12 heteroatoms. The van der Waals surface area contributed by atoms with E-state index >= 15 is 0 Å². The van der Waals surface area contributed by atoms with Gasteiger partial charge in [-0.05, 0) is 12.8 Å². The Hall–Kier alpha value is -1.52. The van der Waals surface area contributed by atoms with Gasteiger partial charge in [-0.2, -0.15) is 0 Å². The first kappa shape index (κ1) is 47.6. The number of unbranched alkanes of at least 4 members (excludes halogenated alkanes) is 20. The lowest BCUT2D eigenvalue weighted by molar-refractivity contribution is -0.228. The standard InChI is InChI=1S/C35H68NO9P.H3N/c1-4-6-8-10-12-14-16-18-20-22-24-26-34(38)42-30-33(31-44-46(40,41)43-29-28-36-32(3)37)45-35(39)27-25-23-21-19-17-15-13-11-9-7-5-2;/h33H,4-31H2,1-3H3,(H,36,37)(H,40,41);1H3/t33-;/m1./s1. The molecule has 0 aromatic rings. The summed E-state index contributed by atoms with van der Waals surface area (Å²) in [6.07, 6.45) is 25.0. The van der Waals surface area contributed by atoms with Crippen molar-refractivity contribution in [1.29, 1.82) is 0 Å². The largest absolute Gasteiger partial charge is 0.756 e. The van der Waals surface area contributed by atoms with Gasteiger partial charge in [0, 0.05) is 26.3 Å². The Bertz CT molecular complexity index is 801. The normalized spacial score (nSPS) is 12.9. The Kier molecular flexibility index (Phi) is 34.8. The number of ether oxygens (including phenoxy) is 2. The molecule has 0 rings (SSSR count). The Labute approximate surface area is 286 Å². The summed E-state index contributed by atoms with van der Waals surface area (Å²) >= 11 is 0. The van der Waals surface area contributed by atoms with Crippen LogP contribution in [-0.4, -0.2) is 50.3 Å². The molecule has 280 valence electrons. The minimum atomic E-state index is -4.72. The summed E-state index contributed by atoms with van der Waals surface area (Å²) in [7, 11) is -4.72. The van der Waals surface area contributed by atoms with E-state index in [1.807, 2.05) is 0 Å². The minimum absolute atomic E-state index is 0. The monoisotopic (exact) mass is 694 g/mol. The quantitative estimate of drug-likeness (QED) is 0.0378. The van der Waals surface area contributed by atoms with E-state index in [-0.39, 0.29) is 44.7 Å². The molecule has 0 radical (unpaired) electrons. The lowest BCUT2D eigenvalue weighted by Crippen LogP contribution is -2.30. The highest BCUT2D eigenvalue weighted by molar-refractivity contribution is 7.45. The lowest BCUT2D eigenvalue weighted by Gasteiger charge is -2.25. The fourth-order valence-corrected chi connectivity index (χ4v) is 5.82. The van der Waals surface area contributed by atoms with Gasteiger partial charge in [0.2, 0.25) is 5.91 Å². The number of carbonyl (C=O) groups excluding carboxylic acids is 3. The van der Waals surface area contributed by atoms with Gasteiger partial charge in [-0.1, -0.05) is 142 Å². The Morgan fingerprint density at radius 3 is 1.45 bits per heavy atom. The first-order valence-electron chi connectivity index (χ1n) is 18.4. The van der Waals surface area contributed by atoms with Crippen LogP contribution in [0.2, 0.25) is 0 Å². The highest BCUT2D eigenvalue weighted by Gasteiger charge is 2.21. The SMILES string of the molecule is CCCCCCCCCCCCCC(=O)OC[C@H](COP(=O)([O-])OCCNC(C)=O)OC(=O)CCCCCCCCCCCCC.[NH4+]. The predicted molar refractivity (Wildman–Crippen MR) is 187 cm³/mol. The van der Waals surface area contributed by atoms with Gasteiger partial charge in [-0.3, -0.25) is 18.9 Å². The zero-order chi connectivity index (χ0) is 34.1. The van der Waals surface area contributed by atoms with E-state index in [1.54, 1.807) is 0 Å². The van der Waals surface area contributed by atoms with Crippen LogP contribution < -0.4 is 16.4 Å². The van der Waals surface area contributed by atoms with Crippen LogP contribution in [0.15, 0.2) is 0 Å². The van der Waals surface area contributed by atoms with E-state index in [2.05, 4.69) is 19.2 Å². The summed E-state index contributed by atoms with van der Waals surface area (Å²) in [5.41, 5.74) is 0. The average Bonchev–Trinajstić information content (AvgIpc) is 3.02. The number of phosphoric ester groups is 1. The van der Waals surface area contributed by atoms with E-state index in [9.17, 15) is 23.8 Å². The number of phosphoric acid groups is 1. The number of nitrogens with one attached hydrogen (secondary N) is 1. The maximum atomic E-state index is 12.5. The molecule has 0 aromatic carbocycles. The zero-order valence-electron chi connectivity index (χ0n) is 30.5. The van der Waals surface area contributed by atoms with Crippen molar-refractivity contribution in [2.75, 3.05) is 26.4 Å². The highest BCUT2D eigenvalue weighted by atomic mass is 31.2. The van der Waals surface area contributed by atoms with Crippen LogP contribution in [0.5, 0.6) is 0 Å². The first-order valence-corrected chi connectivity index (χ1v) is 19.9. The molecule has 5 N–H and O–H groups in total. The van der Waals surface area contributed by atoms with Gasteiger partial charge >= 0.3 is 11.9 Å². The molecule has 0 saturated heterocycles. The summed E-state index contributed by atoms with van der Waals surface area (Å²) < 4.78 is 32.6. The molecule has 0 aliphatic carbocycles. The van der Waals surface area contributed by atoms with Crippen LogP contribution in [-0.2, 0) is 37.5 Å². The summed E-state index contributed by atoms with van der Waals surface area (Å²) in [4.78, 5) is 47.9. The van der Waals surface area contributed by atoms with E-state index in [1.165, 1.54) is 103 Å². The van der Waals surface area contributed by atoms with Gasteiger partial charge in [0.05, 0.1) is 13.2 Å². The number of carbonyl (C=O) groups is 3. The molecule has 2 atom stereocenters. The smallest absolute Gasteiger partial charge is 0.306 e. The maximum absolute atomic E-state index is 12.5. The molecular weight excluding hydrogens is 623 g/mol. The second-order valence-electron chi connectivity index (χ2n) is 12.4. The number of hydrogen-bond donors (Lipinski definition) is 2. The second-order valence-corrected chi connectivity index (χ2v) is 13.8. The fraction of sp³-hybridized carbons (Fsp3) is 0.914. The van der Waals surface area contributed by atoms with Gasteiger partial charge in [0.25, 0.3) is 7.82 Å². The van der Waals surface area contributed by atoms with Crippen LogP contribution in [0.4, 0.5) is 0 Å². The molecule has 0 bridgehead atoms.